The Morgan fingerprint density at radius 3 is 1.93 bits per heavy atom. The number of aromatic hydroxyl groups is 1. The fourth-order valence-corrected chi connectivity index (χ4v) is 0.993. The molecule has 0 aliphatic rings. The van der Waals surface area contributed by atoms with Crippen molar-refractivity contribution in [2.24, 2.45) is 0 Å². The first-order chi connectivity index (χ1) is 7.20. The molecule has 0 aliphatic heterocycles. The monoisotopic (exact) mass is 201 g/mol. The van der Waals surface area contributed by atoms with Crippen molar-refractivity contribution in [1.82, 2.24) is 4.98 Å². The van der Waals surface area contributed by atoms with E-state index in [9.17, 15) is 0 Å². The normalized spacial score (nSPS) is 8.93. The maximum absolute atomic E-state index is 8.63. The zero-order valence-electron chi connectivity index (χ0n) is 9.01. The van der Waals surface area contributed by atoms with Crippen LogP contribution in [0.3, 0.4) is 0 Å². The van der Waals surface area contributed by atoms with E-state index in [1.54, 1.807) is 24.3 Å². The molecule has 0 amide bonds. The smallest absolute Gasteiger partial charge is 0.115 e. The standard InChI is InChI=1S/C7H9N.C6H6O/c1-6-4-3-5-8-7(6)2;7-6-4-2-1-3-5-6/h3-5H,1-2H3;1-5,7H. The Kier molecular flexibility index (Phi) is 4.35. The van der Waals surface area contributed by atoms with Gasteiger partial charge < -0.3 is 5.11 Å². The third-order valence-electron chi connectivity index (χ3n) is 2.03. The maximum atomic E-state index is 8.63. The van der Waals surface area contributed by atoms with E-state index >= 15 is 0 Å². The van der Waals surface area contributed by atoms with Crippen LogP contribution in [0.4, 0.5) is 0 Å². The molecule has 0 saturated carbocycles. The molecule has 0 atom stereocenters. The number of hydrogen-bond donors (Lipinski definition) is 1. The van der Waals surface area contributed by atoms with E-state index in [1.165, 1.54) is 5.56 Å². The molecule has 0 unspecified atom stereocenters. The van der Waals surface area contributed by atoms with Crippen molar-refractivity contribution < 1.29 is 5.11 Å². The van der Waals surface area contributed by atoms with Gasteiger partial charge in [-0.1, -0.05) is 24.3 Å². The topological polar surface area (TPSA) is 33.1 Å². The zero-order valence-corrected chi connectivity index (χ0v) is 9.01. The SMILES string of the molecule is Cc1cccnc1C.Oc1ccccc1. The van der Waals surface area contributed by atoms with Gasteiger partial charge in [-0.2, -0.15) is 0 Å². The first-order valence-corrected chi connectivity index (χ1v) is 4.82. The fraction of sp³-hybridized carbons (Fsp3) is 0.154. The molecule has 0 radical (unpaired) electrons. The van der Waals surface area contributed by atoms with Gasteiger partial charge in [-0.25, -0.2) is 0 Å². The molecule has 2 heteroatoms. The number of benzene rings is 1. The summed E-state index contributed by atoms with van der Waals surface area (Å²) in [5, 5.41) is 8.63. The molecule has 1 heterocycles. The fourth-order valence-electron chi connectivity index (χ4n) is 0.993. The Balaban J connectivity index is 0.000000151. The molecule has 1 aromatic carbocycles. The third kappa shape index (κ3) is 4.27. The first-order valence-electron chi connectivity index (χ1n) is 4.82. The van der Waals surface area contributed by atoms with E-state index in [2.05, 4.69) is 18.0 Å². The highest BCUT2D eigenvalue weighted by atomic mass is 16.3. The Labute approximate surface area is 90.2 Å². The number of rotatable bonds is 0. The molecule has 15 heavy (non-hydrogen) atoms. The number of phenolic OH excluding ortho intramolecular Hbond substituents is 1. The second-order valence-corrected chi connectivity index (χ2v) is 3.24. The van der Waals surface area contributed by atoms with Gasteiger partial charge >= 0.3 is 0 Å². The van der Waals surface area contributed by atoms with Crippen LogP contribution in [0.1, 0.15) is 11.3 Å². The summed E-state index contributed by atoms with van der Waals surface area (Å²) in [5.74, 6) is 0.322. The minimum absolute atomic E-state index is 0.322. The van der Waals surface area contributed by atoms with Crippen LogP contribution in [-0.2, 0) is 0 Å². The van der Waals surface area contributed by atoms with Crippen LogP contribution in [0.2, 0.25) is 0 Å². The molecule has 2 aromatic rings. The predicted molar refractivity (Wildman–Crippen MR) is 61.8 cm³/mol. The second-order valence-electron chi connectivity index (χ2n) is 3.24. The highest BCUT2D eigenvalue weighted by Crippen LogP contribution is 2.02. The molecule has 0 saturated heterocycles. The van der Waals surface area contributed by atoms with Gasteiger partial charge in [0.15, 0.2) is 0 Å². The summed E-state index contributed by atoms with van der Waals surface area (Å²) in [5.41, 5.74) is 2.38. The molecular formula is C13H15NO. The molecule has 78 valence electrons. The van der Waals surface area contributed by atoms with Crippen LogP contribution in [0.5, 0.6) is 5.75 Å². The summed E-state index contributed by atoms with van der Waals surface area (Å²) in [7, 11) is 0. The van der Waals surface area contributed by atoms with Gasteiger partial charge in [0, 0.05) is 11.9 Å². The van der Waals surface area contributed by atoms with E-state index in [1.807, 2.05) is 25.3 Å². The number of pyridine rings is 1. The van der Waals surface area contributed by atoms with Crippen molar-refractivity contribution in [3.8, 4) is 5.75 Å². The van der Waals surface area contributed by atoms with Gasteiger partial charge in [-0.15, -0.1) is 0 Å². The maximum Gasteiger partial charge on any atom is 0.115 e. The van der Waals surface area contributed by atoms with E-state index in [4.69, 9.17) is 5.11 Å². The highest BCUT2D eigenvalue weighted by molar-refractivity contribution is 5.18. The molecule has 1 aromatic heterocycles. The predicted octanol–water partition coefficient (Wildman–Crippen LogP) is 3.09. The van der Waals surface area contributed by atoms with Crippen molar-refractivity contribution in [3.05, 3.63) is 59.9 Å². The van der Waals surface area contributed by atoms with Crippen molar-refractivity contribution in [2.75, 3.05) is 0 Å². The summed E-state index contributed by atoms with van der Waals surface area (Å²) in [6, 6.07) is 12.7. The van der Waals surface area contributed by atoms with Crippen LogP contribution in [0.15, 0.2) is 48.7 Å². The lowest BCUT2D eigenvalue weighted by atomic mass is 10.2. The summed E-state index contributed by atoms with van der Waals surface area (Å²) in [6.45, 7) is 4.07. The summed E-state index contributed by atoms with van der Waals surface area (Å²) in [6.07, 6.45) is 1.81. The van der Waals surface area contributed by atoms with Crippen LogP contribution >= 0.6 is 0 Å². The lowest BCUT2D eigenvalue weighted by Gasteiger charge is -1.92. The minimum Gasteiger partial charge on any atom is -0.508 e. The van der Waals surface area contributed by atoms with Crippen molar-refractivity contribution >= 4 is 0 Å². The van der Waals surface area contributed by atoms with Crippen molar-refractivity contribution in [2.45, 2.75) is 13.8 Å². The Hall–Kier alpha value is -1.83. The number of aromatic nitrogens is 1. The summed E-state index contributed by atoms with van der Waals surface area (Å²) >= 11 is 0. The molecule has 1 N–H and O–H groups in total. The molecule has 2 rings (SSSR count). The quantitative estimate of drug-likeness (QED) is 0.710. The number of hydrogen-bond acceptors (Lipinski definition) is 2. The molecular weight excluding hydrogens is 186 g/mol. The molecule has 0 bridgehead atoms. The largest absolute Gasteiger partial charge is 0.508 e. The van der Waals surface area contributed by atoms with Crippen molar-refractivity contribution in [1.29, 1.82) is 0 Å². The Morgan fingerprint density at radius 2 is 1.60 bits per heavy atom. The lowest BCUT2D eigenvalue weighted by Crippen LogP contribution is -1.81. The third-order valence-corrected chi connectivity index (χ3v) is 2.03. The van der Waals surface area contributed by atoms with E-state index < -0.39 is 0 Å². The van der Waals surface area contributed by atoms with E-state index in [0.29, 0.717) is 5.75 Å². The first kappa shape index (κ1) is 11.2. The van der Waals surface area contributed by atoms with E-state index in [-0.39, 0.29) is 0 Å². The number of phenols is 1. The Bertz CT molecular complexity index is 377. The van der Waals surface area contributed by atoms with Crippen LogP contribution in [0.25, 0.3) is 0 Å². The minimum atomic E-state index is 0.322. The van der Waals surface area contributed by atoms with Gasteiger partial charge in [-0.3, -0.25) is 4.98 Å². The average Bonchev–Trinajstić information content (AvgIpc) is 2.25. The van der Waals surface area contributed by atoms with Crippen LogP contribution in [0, 0.1) is 13.8 Å². The average molecular weight is 201 g/mol. The van der Waals surface area contributed by atoms with Crippen LogP contribution < -0.4 is 0 Å². The number of aryl methyl sites for hydroxylation is 2. The van der Waals surface area contributed by atoms with Gasteiger partial charge in [0.2, 0.25) is 0 Å². The second kappa shape index (κ2) is 5.81. The van der Waals surface area contributed by atoms with Gasteiger partial charge in [0.25, 0.3) is 0 Å². The molecule has 2 nitrogen and oxygen atoms in total. The Morgan fingerprint density at radius 1 is 0.933 bits per heavy atom. The molecule has 0 aliphatic carbocycles. The van der Waals surface area contributed by atoms with Gasteiger partial charge in [0.05, 0.1) is 0 Å². The highest BCUT2D eigenvalue weighted by Gasteiger charge is 1.85. The van der Waals surface area contributed by atoms with Crippen molar-refractivity contribution in [3.63, 3.8) is 0 Å². The summed E-state index contributed by atoms with van der Waals surface area (Å²) in [4.78, 5) is 4.08. The zero-order chi connectivity index (χ0) is 11.1. The number of nitrogens with zero attached hydrogens (tertiary/aromatic N) is 1. The lowest BCUT2D eigenvalue weighted by molar-refractivity contribution is 0.475. The summed E-state index contributed by atoms with van der Waals surface area (Å²) < 4.78 is 0. The molecule has 0 fully saturated rings. The molecule has 0 spiro atoms. The van der Waals surface area contributed by atoms with Gasteiger partial charge in [0.1, 0.15) is 5.75 Å². The van der Waals surface area contributed by atoms with Crippen LogP contribution in [-0.4, -0.2) is 10.1 Å². The number of para-hydroxylation sites is 1. The van der Waals surface area contributed by atoms with E-state index in [0.717, 1.165) is 5.69 Å². The van der Waals surface area contributed by atoms with Gasteiger partial charge in [-0.05, 0) is 37.6 Å².